The Morgan fingerprint density at radius 1 is 1.33 bits per heavy atom. The van der Waals surface area contributed by atoms with E-state index >= 15 is 0 Å². The number of hydrogen-bond donors (Lipinski definition) is 0. The highest BCUT2D eigenvalue weighted by molar-refractivity contribution is 5.78. The number of ether oxygens (including phenoxy) is 2. The van der Waals surface area contributed by atoms with Gasteiger partial charge < -0.3 is 9.47 Å². The molecule has 0 bridgehead atoms. The van der Waals surface area contributed by atoms with Crippen molar-refractivity contribution >= 4 is 5.97 Å². The standard InChI is InChI=1S/C18H24O3/c1-5-9-14-16(18(14,2)3)17(19)21-15(12-20-4)13-10-7-6-8-11-13/h5-11,14-16H,12H2,1-4H3. The molecule has 1 aromatic rings. The Hall–Kier alpha value is -1.61. The lowest BCUT2D eigenvalue weighted by Crippen LogP contribution is -2.18. The Morgan fingerprint density at radius 2 is 2.00 bits per heavy atom. The van der Waals surface area contributed by atoms with Crippen LogP contribution in [0.4, 0.5) is 0 Å². The molecule has 114 valence electrons. The van der Waals surface area contributed by atoms with Crippen molar-refractivity contribution < 1.29 is 14.3 Å². The molecule has 3 nitrogen and oxygen atoms in total. The van der Waals surface area contributed by atoms with Crippen molar-refractivity contribution in [3.63, 3.8) is 0 Å². The van der Waals surface area contributed by atoms with Crippen LogP contribution in [-0.4, -0.2) is 19.7 Å². The predicted octanol–water partition coefficient (Wildman–Crippen LogP) is 3.77. The molecule has 1 aromatic carbocycles. The van der Waals surface area contributed by atoms with Crippen molar-refractivity contribution in [1.29, 1.82) is 0 Å². The molecule has 0 aliphatic heterocycles. The molecule has 0 N–H and O–H groups in total. The fraction of sp³-hybridized carbons (Fsp3) is 0.500. The van der Waals surface area contributed by atoms with Crippen molar-refractivity contribution in [3.05, 3.63) is 48.0 Å². The minimum atomic E-state index is -0.341. The minimum Gasteiger partial charge on any atom is -0.455 e. The number of esters is 1. The maximum Gasteiger partial charge on any atom is 0.310 e. The lowest BCUT2D eigenvalue weighted by Gasteiger charge is -2.18. The molecule has 0 saturated heterocycles. The zero-order valence-corrected chi connectivity index (χ0v) is 13.2. The normalized spacial score (nSPS) is 24.8. The first-order chi connectivity index (χ1) is 10.0. The number of allylic oxidation sites excluding steroid dienone is 2. The number of hydrogen-bond acceptors (Lipinski definition) is 3. The molecule has 0 aromatic heterocycles. The summed E-state index contributed by atoms with van der Waals surface area (Å²) >= 11 is 0. The maximum atomic E-state index is 12.5. The first-order valence-corrected chi connectivity index (χ1v) is 7.39. The molecule has 21 heavy (non-hydrogen) atoms. The van der Waals surface area contributed by atoms with Crippen LogP contribution in [0.1, 0.15) is 32.4 Å². The Morgan fingerprint density at radius 3 is 2.57 bits per heavy atom. The van der Waals surface area contributed by atoms with Gasteiger partial charge in [0.25, 0.3) is 0 Å². The Bertz CT molecular complexity index is 504. The van der Waals surface area contributed by atoms with E-state index in [1.807, 2.05) is 43.3 Å². The van der Waals surface area contributed by atoms with E-state index in [0.29, 0.717) is 6.61 Å². The van der Waals surface area contributed by atoms with Gasteiger partial charge in [0.05, 0.1) is 12.5 Å². The zero-order chi connectivity index (χ0) is 15.5. The number of methoxy groups -OCH3 is 1. The van der Waals surface area contributed by atoms with Crippen LogP contribution in [0.2, 0.25) is 0 Å². The summed E-state index contributed by atoms with van der Waals surface area (Å²) in [7, 11) is 1.62. The van der Waals surface area contributed by atoms with Gasteiger partial charge >= 0.3 is 5.97 Å². The van der Waals surface area contributed by atoms with E-state index in [2.05, 4.69) is 19.9 Å². The van der Waals surface area contributed by atoms with Gasteiger partial charge in [0.1, 0.15) is 0 Å². The van der Waals surface area contributed by atoms with E-state index in [0.717, 1.165) is 5.56 Å². The Balaban J connectivity index is 2.06. The minimum absolute atomic E-state index is 0.0160. The molecular weight excluding hydrogens is 264 g/mol. The highest BCUT2D eigenvalue weighted by Crippen LogP contribution is 2.59. The van der Waals surface area contributed by atoms with Crippen LogP contribution >= 0.6 is 0 Å². The van der Waals surface area contributed by atoms with E-state index in [4.69, 9.17) is 9.47 Å². The lowest BCUT2D eigenvalue weighted by atomic mass is 10.1. The van der Waals surface area contributed by atoms with Gasteiger partial charge in [-0.2, -0.15) is 0 Å². The van der Waals surface area contributed by atoms with E-state index in [9.17, 15) is 4.79 Å². The molecule has 1 fully saturated rings. The summed E-state index contributed by atoms with van der Waals surface area (Å²) in [6.07, 6.45) is 3.76. The second-order valence-corrected chi connectivity index (χ2v) is 6.14. The molecule has 0 radical (unpaired) electrons. The van der Waals surface area contributed by atoms with Crippen molar-refractivity contribution in [2.45, 2.75) is 26.9 Å². The average molecular weight is 288 g/mol. The van der Waals surface area contributed by atoms with Gasteiger partial charge in [-0.3, -0.25) is 4.79 Å². The van der Waals surface area contributed by atoms with Gasteiger partial charge in [-0.15, -0.1) is 0 Å². The first-order valence-electron chi connectivity index (χ1n) is 7.39. The van der Waals surface area contributed by atoms with Gasteiger partial charge in [0, 0.05) is 7.11 Å². The molecule has 1 aliphatic carbocycles. The molecule has 2 rings (SSSR count). The smallest absolute Gasteiger partial charge is 0.310 e. The molecule has 3 atom stereocenters. The van der Waals surface area contributed by atoms with Crippen molar-refractivity contribution in [3.8, 4) is 0 Å². The second-order valence-electron chi connectivity index (χ2n) is 6.14. The van der Waals surface area contributed by atoms with E-state index < -0.39 is 0 Å². The summed E-state index contributed by atoms with van der Waals surface area (Å²) in [4.78, 5) is 12.5. The maximum absolute atomic E-state index is 12.5. The molecule has 0 heterocycles. The van der Waals surface area contributed by atoms with Crippen LogP contribution in [-0.2, 0) is 14.3 Å². The molecule has 3 unspecified atom stereocenters. The van der Waals surface area contributed by atoms with E-state index in [1.54, 1.807) is 7.11 Å². The third kappa shape index (κ3) is 3.35. The van der Waals surface area contributed by atoms with Crippen LogP contribution in [0.3, 0.4) is 0 Å². The molecule has 3 heteroatoms. The summed E-state index contributed by atoms with van der Waals surface area (Å²) in [6, 6.07) is 9.74. The third-order valence-corrected chi connectivity index (χ3v) is 4.31. The number of rotatable bonds is 6. The summed E-state index contributed by atoms with van der Waals surface area (Å²) in [5, 5.41) is 0. The fourth-order valence-electron chi connectivity index (χ4n) is 2.93. The Labute approximate surface area is 127 Å². The predicted molar refractivity (Wildman–Crippen MR) is 82.7 cm³/mol. The van der Waals surface area contributed by atoms with Crippen LogP contribution in [0.5, 0.6) is 0 Å². The van der Waals surface area contributed by atoms with Crippen molar-refractivity contribution in [2.75, 3.05) is 13.7 Å². The summed E-state index contributed by atoms with van der Waals surface area (Å²) in [5.74, 6) is 0.0831. The summed E-state index contributed by atoms with van der Waals surface area (Å²) < 4.78 is 10.9. The zero-order valence-electron chi connectivity index (χ0n) is 13.2. The summed E-state index contributed by atoms with van der Waals surface area (Å²) in [6.45, 7) is 6.57. The van der Waals surface area contributed by atoms with Gasteiger partial charge in [0.2, 0.25) is 0 Å². The molecule has 0 amide bonds. The monoisotopic (exact) mass is 288 g/mol. The van der Waals surface area contributed by atoms with E-state index in [-0.39, 0.29) is 29.3 Å². The topological polar surface area (TPSA) is 35.5 Å². The number of carbonyl (C=O) groups excluding carboxylic acids is 1. The number of carbonyl (C=O) groups is 1. The lowest BCUT2D eigenvalue weighted by molar-refractivity contribution is -0.154. The van der Waals surface area contributed by atoms with Gasteiger partial charge in [0.15, 0.2) is 6.10 Å². The van der Waals surface area contributed by atoms with Crippen molar-refractivity contribution in [1.82, 2.24) is 0 Å². The van der Waals surface area contributed by atoms with Crippen LogP contribution < -0.4 is 0 Å². The van der Waals surface area contributed by atoms with Gasteiger partial charge in [-0.05, 0) is 23.8 Å². The highest BCUT2D eigenvalue weighted by atomic mass is 16.6. The highest BCUT2D eigenvalue weighted by Gasteiger charge is 2.61. The number of benzene rings is 1. The van der Waals surface area contributed by atoms with Crippen LogP contribution in [0.15, 0.2) is 42.5 Å². The second kappa shape index (κ2) is 6.44. The largest absolute Gasteiger partial charge is 0.455 e. The molecule has 1 saturated carbocycles. The Kier molecular flexibility index (Phi) is 4.84. The molecular formula is C18H24O3. The molecule has 1 aliphatic rings. The fourth-order valence-corrected chi connectivity index (χ4v) is 2.93. The van der Waals surface area contributed by atoms with Crippen LogP contribution in [0.25, 0.3) is 0 Å². The van der Waals surface area contributed by atoms with Crippen molar-refractivity contribution in [2.24, 2.45) is 17.3 Å². The quantitative estimate of drug-likeness (QED) is 0.590. The SMILES string of the molecule is CC=CC1C(C(=O)OC(COC)c2ccccc2)C1(C)C. The average Bonchev–Trinajstić information content (AvgIpc) is 3.01. The first kappa shape index (κ1) is 15.8. The molecule has 0 spiro atoms. The third-order valence-electron chi connectivity index (χ3n) is 4.31. The summed E-state index contributed by atoms with van der Waals surface area (Å²) in [5.41, 5.74) is 0.950. The van der Waals surface area contributed by atoms with E-state index in [1.165, 1.54) is 0 Å². The van der Waals surface area contributed by atoms with Crippen LogP contribution in [0, 0.1) is 17.3 Å². The van der Waals surface area contributed by atoms with Gasteiger partial charge in [-0.1, -0.05) is 56.3 Å². The van der Waals surface area contributed by atoms with Gasteiger partial charge in [-0.25, -0.2) is 0 Å².